The molecule has 0 bridgehead atoms. The molecule has 1 aliphatic heterocycles. The summed E-state index contributed by atoms with van der Waals surface area (Å²) in [5.74, 6) is -3.65. The van der Waals surface area contributed by atoms with Gasteiger partial charge in [0.15, 0.2) is 0 Å². The molecule has 2 aromatic carbocycles. The van der Waals surface area contributed by atoms with E-state index in [9.17, 15) is 13.2 Å². The smallest absolute Gasteiger partial charge is 0.416 e. The Hall–Kier alpha value is -3.17. The number of halogens is 3. The fourth-order valence-corrected chi connectivity index (χ4v) is 3.09. The largest absolute Gasteiger partial charge is 0.473 e. The van der Waals surface area contributed by atoms with Gasteiger partial charge in [-0.2, -0.15) is 13.2 Å². The van der Waals surface area contributed by atoms with Crippen molar-refractivity contribution in [1.29, 1.82) is 0 Å². The number of rotatable bonds is 5. The van der Waals surface area contributed by atoms with Crippen LogP contribution in [0.25, 0.3) is 6.08 Å². The molecule has 32 heavy (non-hydrogen) atoms. The van der Waals surface area contributed by atoms with Crippen molar-refractivity contribution in [3.05, 3.63) is 77.4 Å². The molecule has 1 aliphatic rings. The van der Waals surface area contributed by atoms with Crippen LogP contribution in [-0.4, -0.2) is 64.7 Å². The van der Waals surface area contributed by atoms with Gasteiger partial charge in [0.1, 0.15) is 0 Å². The summed E-state index contributed by atoms with van der Waals surface area (Å²) >= 11 is 0. The van der Waals surface area contributed by atoms with Crippen LogP contribution < -0.4 is 0 Å². The van der Waals surface area contributed by atoms with Crippen LogP contribution in [-0.2, 0) is 22.3 Å². The lowest BCUT2D eigenvalue weighted by Gasteiger charge is -2.34. The highest BCUT2D eigenvalue weighted by atomic mass is 19.4. The van der Waals surface area contributed by atoms with Crippen molar-refractivity contribution in [2.75, 3.05) is 32.7 Å². The second-order valence-electron chi connectivity index (χ2n) is 7.19. The van der Waals surface area contributed by atoms with Crippen LogP contribution in [0.15, 0.2) is 60.7 Å². The van der Waals surface area contributed by atoms with Gasteiger partial charge in [0.25, 0.3) is 0 Å². The number of alkyl halides is 3. The van der Waals surface area contributed by atoms with Gasteiger partial charge in [-0.25, -0.2) is 9.59 Å². The summed E-state index contributed by atoms with van der Waals surface area (Å²) in [6.45, 7) is 5.43. The quantitative estimate of drug-likeness (QED) is 0.677. The minimum atomic E-state index is -4.27. The van der Waals surface area contributed by atoms with Crippen LogP contribution in [0.4, 0.5) is 13.2 Å². The number of aliphatic carboxylic acids is 2. The lowest BCUT2D eigenvalue weighted by Crippen LogP contribution is -2.45. The zero-order chi connectivity index (χ0) is 23.6. The minimum Gasteiger partial charge on any atom is -0.473 e. The van der Waals surface area contributed by atoms with Crippen LogP contribution in [0.3, 0.4) is 0 Å². The molecule has 0 atom stereocenters. The molecule has 0 saturated carbocycles. The first-order valence-corrected chi connectivity index (χ1v) is 9.94. The summed E-state index contributed by atoms with van der Waals surface area (Å²) in [4.78, 5) is 22.9. The standard InChI is InChI=1S/C21H23F3N2.C2H2O4/c22-21(23,24)20-10-8-19(9-11-20)17-26-15-13-25(14-16-26)12-4-7-18-5-2-1-3-6-18;3-1(4)2(5)6/h1-11H,12-17H2;(H,3,4)(H,5,6)/b7-4+;. The Kier molecular flexibility index (Phi) is 9.42. The molecule has 0 aromatic heterocycles. The highest BCUT2D eigenvalue weighted by Gasteiger charge is 2.30. The number of carbonyl (C=O) groups is 2. The van der Waals surface area contributed by atoms with Gasteiger partial charge in [-0.3, -0.25) is 9.80 Å². The molecular formula is C23H25F3N2O4. The summed E-state index contributed by atoms with van der Waals surface area (Å²) in [7, 11) is 0. The second-order valence-corrected chi connectivity index (χ2v) is 7.19. The minimum absolute atomic E-state index is 0.587. The fourth-order valence-electron chi connectivity index (χ4n) is 3.09. The van der Waals surface area contributed by atoms with Crippen molar-refractivity contribution in [1.82, 2.24) is 9.80 Å². The second kappa shape index (κ2) is 12.0. The maximum atomic E-state index is 12.6. The van der Waals surface area contributed by atoms with Gasteiger partial charge in [-0.1, -0.05) is 54.6 Å². The Bertz CT molecular complexity index is 880. The van der Waals surface area contributed by atoms with Crippen LogP contribution in [0.5, 0.6) is 0 Å². The molecule has 0 radical (unpaired) electrons. The maximum absolute atomic E-state index is 12.6. The monoisotopic (exact) mass is 450 g/mol. The Morgan fingerprint density at radius 3 is 1.88 bits per heavy atom. The van der Waals surface area contributed by atoms with Crippen molar-refractivity contribution < 1.29 is 33.0 Å². The van der Waals surface area contributed by atoms with Crippen LogP contribution >= 0.6 is 0 Å². The first kappa shape index (κ1) is 25.1. The van der Waals surface area contributed by atoms with E-state index in [4.69, 9.17) is 19.8 Å². The molecule has 0 spiro atoms. The van der Waals surface area contributed by atoms with E-state index in [1.807, 2.05) is 18.2 Å². The summed E-state index contributed by atoms with van der Waals surface area (Å²) in [5.41, 5.74) is 1.54. The van der Waals surface area contributed by atoms with Gasteiger partial charge >= 0.3 is 18.1 Å². The molecule has 2 N–H and O–H groups in total. The van der Waals surface area contributed by atoms with E-state index in [2.05, 4.69) is 34.1 Å². The molecule has 0 aliphatic carbocycles. The molecule has 3 rings (SSSR count). The summed E-state index contributed by atoms with van der Waals surface area (Å²) in [6, 6.07) is 15.7. The van der Waals surface area contributed by atoms with E-state index >= 15 is 0 Å². The lowest BCUT2D eigenvalue weighted by atomic mass is 10.1. The first-order chi connectivity index (χ1) is 15.1. The third-order valence-electron chi connectivity index (χ3n) is 4.81. The van der Waals surface area contributed by atoms with Crippen molar-refractivity contribution in [2.24, 2.45) is 0 Å². The number of piperazine rings is 1. The molecule has 1 saturated heterocycles. The zero-order valence-corrected chi connectivity index (χ0v) is 17.3. The summed E-state index contributed by atoms with van der Waals surface area (Å²) in [6.07, 6.45) is 0.0485. The summed E-state index contributed by atoms with van der Waals surface area (Å²) in [5, 5.41) is 14.8. The third-order valence-corrected chi connectivity index (χ3v) is 4.81. The van der Waals surface area contributed by atoms with Gasteiger partial charge in [-0.05, 0) is 23.3 Å². The van der Waals surface area contributed by atoms with E-state index in [1.165, 1.54) is 17.7 Å². The molecule has 1 fully saturated rings. The fraction of sp³-hybridized carbons (Fsp3) is 0.304. The molecule has 172 valence electrons. The van der Waals surface area contributed by atoms with E-state index < -0.39 is 23.7 Å². The van der Waals surface area contributed by atoms with Crippen LogP contribution in [0.1, 0.15) is 16.7 Å². The molecule has 2 aromatic rings. The zero-order valence-electron chi connectivity index (χ0n) is 17.3. The van der Waals surface area contributed by atoms with Gasteiger partial charge in [0.2, 0.25) is 0 Å². The van der Waals surface area contributed by atoms with Crippen molar-refractivity contribution in [3.8, 4) is 0 Å². The number of carboxylic acids is 2. The Morgan fingerprint density at radius 2 is 1.38 bits per heavy atom. The van der Waals surface area contributed by atoms with Crippen molar-refractivity contribution >= 4 is 18.0 Å². The normalized spacial score (nSPS) is 15.2. The number of hydrogen-bond acceptors (Lipinski definition) is 4. The topological polar surface area (TPSA) is 81.1 Å². The highest BCUT2D eigenvalue weighted by Crippen LogP contribution is 2.29. The number of carboxylic acid groups (broad SMARTS) is 2. The first-order valence-electron chi connectivity index (χ1n) is 9.94. The molecule has 0 unspecified atom stereocenters. The van der Waals surface area contributed by atoms with E-state index in [0.29, 0.717) is 6.54 Å². The predicted molar refractivity (Wildman–Crippen MR) is 114 cm³/mol. The van der Waals surface area contributed by atoms with Gasteiger partial charge in [0, 0.05) is 39.3 Å². The van der Waals surface area contributed by atoms with E-state index in [-0.39, 0.29) is 0 Å². The number of benzene rings is 2. The van der Waals surface area contributed by atoms with Crippen LogP contribution in [0.2, 0.25) is 0 Å². The Balaban J connectivity index is 0.000000534. The Labute approximate surface area is 184 Å². The van der Waals surface area contributed by atoms with Gasteiger partial charge in [-0.15, -0.1) is 0 Å². The lowest BCUT2D eigenvalue weighted by molar-refractivity contribution is -0.159. The SMILES string of the molecule is FC(F)(F)c1ccc(CN2CCN(C/C=C/c3ccccc3)CC2)cc1.O=C(O)C(=O)O. The predicted octanol–water partition coefficient (Wildman–Crippen LogP) is 3.69. The van der Waals surface area contributed by atoms with Gasteiger partial charge in [0.05, 0.1) is 5.56 Å². The number of nitrogens with zero attached hydrogens (tertiary/aromatic N) is 2. The molecule has 1 heterocycles. The average molecular weight is 450 g/mol. The Morgan fingerprint density at radius 1 is 0.844 bits per heavy atom. The molecule has 9 heteroatoms. The molecular weight excluding hydrogens is 425 g/mol. The highest BCUT2D eigenvalue weighted by molar-refractivity contribution is 6.27. The van der Waals surface area contributed by atoms with E-state index in [0.717, 1.165) is 38.3 Å². The molecule has 6 nitrogen and oxygen atoms in total. The molecule has 0 amide bonds. The number of hydrogen-bond donors (Lipinski definition) is 2. The van der Waals surface area contributed by atoms with Crippen molar-refractivity contribution in [3.63, 3.8) is 0 Å². The average Bonchev–Trinajstić information content (AvgIpc) is 2.76. The van der Waals surface area contributed by atoms with Gasteiger partial charge < -0.3 is 10.2 Å². The maximum Gasteiger partial charge on any atom is 0.416 e. The van der Waals surface area contributed by atoms with Crippen molar-refractivity contribution in [2.45, 2.75) is 12.7 Å². The van der Waals surface area contributed by atoms with E-state index in [1.54, 1.807) is 12.1 Å². The van der Waals surface area contributed by atoms with Crippen LogP contribution in [0, 0.1) is 0 Å². The third kappa shape index (κ3) is 8.91. The summed E-state index contributed by atoms with van der Waals surface area (Å²) < 4.78 is 37.8.